The fraction of sp³-hybridized carbons (Fsp3) is 0.350. The molecular weight excluding hydrogens is 735 g/mol. The van der Waals surface area contributed by atoms with E-state index in [1.165, 1.54) is 16.9 Å². The largest absolute Gasteiger partial charge is 0.870 e. The molecule has 3 aliphatic rings. The average molecular weight is 780 g/mol. The summed E-state index contributed by atoms with van der Waals surface area (Å²) in [6.45, 7) is 2.90. The molecular formula is C40H44Cl2N4O8. The molecule has 3 aromatic carbocycles. The zero-order valence-corrected chi connectivity index (χ0v) is 32.1. The Bertz CT molecular complexity index is 1930. The zero-order valence-electron chi connectivity index (χ0n) is 30.6. The molecule has 0 spiro atoms. The fourth-order valence-electron chi connectivity index (χ4n) is 6.83. The molecule has 0 saturated carbocycles. The maximum absolute atomic E-state index is 13.9. The van der Waals surface area contributed by atoms with Gasteiger partial charge in [-0.1, -0.05) is 47.5 Å². The summed E-state index contributed by atoms with van der Waals surface area (Å²) in [5.74, 6) is 0.580. The topological polar surface area (TPSA) is 142 Å². The minimum absolute atomic E-state index is 0. The van der Waals surface area contributed by atoms with Crippen LogP contribution in [0.15, 0.2) is 79.1 Å². The van der Waals surface area contributed by atoms with Crippen molar-refractivity contribution in [3.8, 4) is 11.5 Å². The van der Waals surface area contributed by atoms with Crippen molar-refractivity contribution in [2.75, 3.05) is 52.8 Å². The van der Waals surface area contributed by atoms with Crippen LogP contribution in [0.2, 0.25) is 10.0 Å². The van der Waals surface area contributed by atoms with Gasteiger partial charge in [-0.3, -0.25) is 14.6 Å². The van der Waals surface area contributed by atoms with Gasteiger partial charge in [-0.15, -0.1) is 0 Å². The van der Waals surface area contributed by atoms with Crippen LogP contribution in [0.4, 0.5) is 10.5 Å². The van der Waals surface area contributed by atoms with Crippen LogP contribution in [0.1, 0.15) is 56.4 Å². The van der Waals surface area contributed by atoms with Gasteiger partial charge in [0.1, 0.15) is 22.3 Å². The molecule has 2 atom stereocenters. The number of carbonyl (C=O) groups excluding carboxylic acids is 3. The third-order valence-electron chi connectivity index (χ3n) is 9.82. The molecule has 2 amide bonds. The second kappa shape index (κ2) is 18.0. The standard InChI is InChI=1S/C40H42Cl2N4O7.H2O/c1-44(2)38(47)29-6-5-7-30(18-29)46(40(49)53-37-24-45-16-14-26(37)15-17-45)23-25-8-10-27(11-9-25)39(48)52-35(20-31-32(41)21-43-22-33(31)42)28-12-13-34(50-3)36(19-28)51-4;/h5-13,18-19,21-22,26,35,37H,14-17,20,23-24H2,1-4H3;1H2/t35-,37-;/m0./s1. The van der Waals surface area contributed by atoms with E-state index in [9.17, 15) is 14.4 Å². The van der Waals surface area contributed by atoms with Crippen LogP contribution in [0.3, 0.4) is 0 Å². The molecule has 54 heavy (non-hydrogen) atoms. The summed E-state index contributed by atoms with van der Waals surface area (Å²) >= 11 is 13.0. The number of nitrogens with zero attached hydrogens (tertiary/aromatic N) is 3. The molecule has 0 aliphatic carbocycles. The van der Waals surface area contributed by atoms with Crippen molar-refractivity contribution in [2.24, 2.45) is 5.92 Å². The van der Waals surface area contributed by atoms with Gasteiger partial charge in [0.2, 0.25) is 0 Å². The molecule has 3 saturated heterocycles. The molecule has 0 radical (unpaired) electrons. The van der Waals surface area contributed by atoms with Gasteiger partial charge in [-0.25, -0.2) is 14.6 Å². The number of aromatic amines is 1. The van der Waals surface area contributed by atoms with Crippen LogP contribution in [0.25, 0.3) is 0 Å². The van der Waals surface area contributed by atoms with Gasteiger partial charge in [0.25, 0.3) is 5.91 Å². The third-order valence-corrected chi connectivity index (χ3v) is 10.5. The number of hydrogen-bond acceptors (Lipinski definition) is 9. The Morgan fingerprint density at radius 3 is 2.19 bits per heavy atom. The number of halogens is 2. The lowest BCUT2D eigenvalue weighted by Crippen LogP contribution is -2.53. The Morgan fingerprint density at radius 2 is 1.57 bits per heavy atom. The highest BCUT2D eigenvalue weighted by molar-refractivity contribution is 6.35. The highest BCUT2D eigenvalue weighted by Crippen LogP contribution is 2.36. The summed E-state index contributed by atoms with van der Waals surface area (Å²) in [5.41, 5.74) is 3.29. The van der Waals surface area contributed by atoms with Gasteiger partial charge in [-0.05, 0) is 85.4 Å². The van der Waals surface area contributed by atoms with Crippen molar-refractivity contribution in [2.45, 2.75) is 38.0 Å². The number of H-pyrrole nitrogens is 1. The van der Waals surface area contributed by atoms with E-state index in [-0.39, 0.29) is 30.5 Å². The lowest BCUT2D eigenvalue weighted by atomic mass is 9.86. The first-order valence-corrected chi connectivity index (χ1v) is 18.2. The Labute approximate surface area is 324 Å². The number of methoxy groups -OCH3 is 2. The van der Waals surface area contributed by atoms with Crippen LogP contribution in [-0.4, -0.2) is 87.3 Å². The molecule has 286 valence electrons. The summed E-state index contributed by atoms with van der Waals surface area (Å²) < 4.78 is 23.2. The number of pyridine rings is 1. The molecule has 4 heterocycles. The van der Waals surface area contributed by atoms with Gasteiger partial charge < -0.3 is 29.3 Å². The van der Waals surface area contributed by atoms with E-state index < -0.39 is 18.2 Å². The zero-order chi connectivity index (χ0) is 37.6. The van der Waals surface area contributed by atoms with Crippen molar-refractivity contribution >= 4 is 46.9 Å². The normalized spacial score (nSPS) is 17.8. The Balaban J connectivity index is 0.00000561. The third kappa shape index (κ3) is 9.25. The van der Waals surface area contributed by atoms with Crippen LogP contribution in [-0.2, 0) is 22.4 Å². The summed E-state index contributed by atoms with van der Waals surface area (Å²) in [7, 11) is 6.44. The van der Waals surface area contributed by atoms with Crippen molar-refractivity contribution in [1.29, 1.82) is 0 Å². The number of aromatic nitrogens is 1. The summed E-state index contributed by atoms with van der Waals surface area (Å²) in [6, 6.07) is 19.1. The number of benzene rings is 3. The second-order valence-corrected chi connectivity index (χ2v) is 14.2. The van der Waals surface area contributed by atoms with Crippen molar-refractivity contribution in [3.05, 3.63) is 117 Å². The summed E-state index contributed by atoms with van der Waals surface area (Å²) in [4.78, 5) is 48.7. The number of fused-ring (bicyclic) bond motifs is 3. The number of ether oxygens (including phenoxy) is 4. The van der Waals surface area contributed by atoms with Crippen molar-refractivity contribution in [1.82, 2.24) is 9.80 Å². The minimum atomic E-state index is -0.784. The first-order chi connectivity index (χ1) is 25.5. The predicted molar refractivity (Wildman–Crippen MR) is 203 cm³/mol. The summed E-state index contributed by atoms with van der Waals surface area (Å²) in [5, 5.41) is 0.799. The fourth-order valence-corrected chi connectivity index (χ4v) is 7.36. The van der Waals surface area contributed by atoms with Crippen LogP contribution in [0.5, 0.6) is 11.5 Å². The molecule has 12 nitrogen and oxygen atoms in total. The molecule has 3 aliphatic heterocycles. The molecule has 7 rings (SSSR count). The van der Waals surface area contributed by atoms with E-state index >= 15 is 0 Å². The molecule has 0 unspecified atom stereocenters. The lowest BCUT2D eigenvalue weighted by molar-refractivity contribution is -0.377. The maximum Gasteiger partial charge on any atom is 0.414 e. The van der Waals surface area contributed by atoms with E-state index in [0.29, 0.717) is 61.9 Å². The van der Waals surface area contributed by atoms with E-state index in [2.05, 4.69) is 9.88 Å². The number of piperidine rings is 3. The number of nitrogens with one attached hydrogen (secondary N) is 1. The van der Waals surface area contributed by atoms with Gasteiger partial charge in [0.15, 0.2) is 23.9 Å². The average Bonchev–Trinajstić information content (AvgIpc) is 3.18. The maximum atomic E-state index is 13.9. The van der Waals surface area contributed by atoms with Crippen LogP contribution in [0, 0.1) is 5.92 Å². The van der Waals surface area contributed by atoms with Gasteiger partial charge in [0, 0.05) is 43.9 Å². The van der Waals surface area contributed by atoms with Crippen molar-refractivity contribution < 1.29 is 43.8 Å². The van der Waals surface area contributed by atoms with Gasteiger partial charge in [-0.2, -0.15) is 0 Å². The van der Waals surface area contributed by atoms with Gasteiger partial charge >= 0.3 is 12.1 Å². The first-order valence-electron chi connectivity index (χ1n) is 17.4. The van der Waals surface area contributed by atoms with Crippen molar-refractivity contribution in [3.63, 3.8) is 0 Å². The molecule has 3 fully saturated rings. The number of rotatable bonds is 12. The Morgan fingerprint density at radius 1 is 0.889 bits per heavy atom. The molecule has 14 heteroatoms. The Kier molecular flexibility index (Phi) is 13.4. The first kappa shape index (κ1) is 40.3. The molecule has 2 N–H and O–H groups in total. The predicted octanol–water partition coefficient (Wildman–Crippen LogP) is 6.73. The van der Waals surface area contributed by atoms with Gasteiger partial charge in [0.05, 0.1) is 26.3 Å². The number of hydrogen-bond donors (Lipinski definition) is 0. The monoisotopic (exact) mass is 778 g/mol. The highest BCUT2D eigenvalue weighted by atomic mass is 35.5. The smallest absolute Gasteiger partial charge is 0.414 e. The summed E-state index contributed by atoms with van der Waals surface area (Å²) in [6.07, 6.45) is 3.94. The SMILES string of the molecule is COc1ccc([C@H](Cc2c(Cl)c[nH+]cc2Cl)OC(=O)c2ccc(CN(C(=O)O[C@H]3CN4CCC3CC4)c3cccc(C(=O)N(C)C)c3)cc2)cc1OC.[OH-]. The van der Waals surface area contributed by atoms with E-state index in [1.54, 1.807) is 100 Å². The lowest BCUT2D eigenvalue weighted by Gasteiger charge is -2.44. The second-order valence-electron chi connectivity index (χ2n) is 13.4. The van der Waals surface area contributed by atoms with E-state index in [4.69, 9.17) is 42.1 Å². The molecule has 2 bridgehead atoms. The number of amides is 2. The quantitative estimate of drug-likeness (QED) is 0.143. The van der Waals surface area contributed by atoms with Crippen LogP contribution >= 0.6 is 23.2 Å². The van der Waals surface area contributed by atoms with E-state index in [0.717, 1.165) is 31.5 Å². The highest BCUT2D eigenvalue weighted by Gasteiger charge is 2.37. The molecule has 1 aromatic heterocycles. The number of esters is 1. The Hall–Kier alpha value is -4.88. The number of carbonyl (C=O) groups is 3. The minimum Gasteiger partial charge on any atom is -0.870 e. The number of anilines is 1. The van der Waals surface area contributed by atoms with E-state index in [1.807, 2.05) is 0 Å². The molecule has 4 aromatic rings. The van der Waals surface area contributed by atoms with Crippen LogP contribution < -0.4 is 19.4 Å².